The lowest BCUT2D eigenvalue weighted by molar-refractivity contribution is -0.129. The lowest BCUT2D eigenvalue weighted by atomic mass is 9.76. The van der Waals surface area contributed by atoms with Gasteiger partial charge < -0.3 is 14.8 Å². The van der Waals surface area contributed by atoms with Crippen LogP contribution >= 0.6 is 0 Å². The fourth-order valence-electron chi connectivity index (χ4n) is 2.43. The molecule has 1 aliphatic rings. The minimum absolute atomic E-state index is 0.109. The monoisotopic (exact) mass is 268 g/mol. The number of aliphatic hydroxyl groups is 2. The van der Waals surface area contributed by atoms with E-state index in [1.165, 1.54) is 10.9 Å². The van der Waals surface area contributed by atoms with Crippen LogP contribution in [-0.2, 0) is 6.54 Å². The van der Waals surface area contributed by atoms with Gasteiger partial charge in [-0.15, -0.1) is 0 Å². The molecule has 3 rings (SSSR count). The third-order valence-electron chi connectivity index (χ3n) is 3.87. The number of aliphatic hydroxyl groups excluding tert-OH is 1. The van der Waals surface area contributed by atoms with Crippen molar-refractivity contribution < 1.29 is 19.0 Å². The Morgan fingerprint density at radius 1 is 1.32 bits per heavy atom. The predicted molar refractivity (Wildman–Crippen MR) is 64.5 cm³/mol. The van der Waals surface area contributed by atoms with Gasteiger partial charge in [-0.05, 0) is 19.3 Å². The van der Waals surface area contributed by atoms with Gasteiger partial charge in [0.1, 0.15) is 6.10 Å². The normalized spacial score (nSPS) is 19.4. The van der Waals surface area contributed by atoms with Crippen molar-refractivity contribution in [2.24, 2.45) is 0 Å². The van der Waals surface area contributed by atoms with E-state index in [0.29, 0.717) is 23.9 Å². The maximum atomic E-state index is 13.2. The van der Waals surface area contributed by atoms with Crippen LogP contribution in [0.1, 0.15) is 19.3 Å². The van der Waals surface area contributed by atoms with Gasteiger partial charge in [-0.3, -0.25) is 0 Å². The molecule has 0 bridgehead atoms. The van der Waals surface area contributed by atoms with E-state index in [0.717, 1.165) is 18.6 Å². The number of hydrogen-bond acceptors (Lipinski definition) is 3. The maximum absolute atomic E-state index is 13.2. The summed E-state index contributed by atoms with van der Waals surface area (Å²) in [6.45, 7) is 0.109. The Labute approximate surface area is 108 Å². The van der Waals surface area contributed by atoms with Gasteiger partial charge in [0.15, 0.2) is 11.6 Å². The Hall–Kier alpha value is -1.53. The zero-order valence-electron chi connectivity index (χ0n) is 10.2. The second-order valence-corrected chi connectivity index (χ2v) is 5.12. The highest BCUT2D eigenvalue weighted by molar-refractivity contribution is 5.75. The number of nitrogens with zero attached hydrogens (tertiary/aromatic N) is 2. The molecule has 1 fully saturated rings. The first kappa shape index (κ1) is 12.5. The summed E-state index contributed by atoms with van der Waals surface area (Å²) < 4.78 is 27.8. The third kappa shape index (κ3) is 2.01. The van der Waals surface area contributed by atoms with Crippen molar-refractivity contribution in [2.45, 2.75) is 37.5 Å². The van der Waals surface area contributed by atoms with Crippen LogP contribution in [-0.4, -0.2) is 31.5 Å². The number of halogens is 2. The Bertz CT molecular complexity index is 622. The first-order valence-corrected chi connectivity index (χ1v) is 6.20. The third-order valence-corrected chi connectivity index (χ3v) is 3.87. The number of fused-ring (bicyclic) bond motifs is 1. The minimum Gasteiger partial charge on any atom is -0.388 e. The van der Waals surface area contributed by atoms with Crippen molar-refractivity contribution in [3.8, 4) is 0 Å². The van der Waals surface area contributed by atoms with Crippen LogP contribution < -0.4 is 0 Å². The highest BCUT2D eigenvalue weighted by atomic mass is 19.2. The molecule has 0 aliphatic heterocycles. The van der Waals surface area contributed by atoms with Gasteiger partial charge in [-0.2, -0.15) is 0 Å². The molecule has 0 amide bonds. The van der Waals surface area contributed by atoms with E-state index < -0.39 is 23.3 Å². The average molecular weight is 268 g/mol. The molecular formula is C13H14F2N2O2. The summed E-state index contributed by atoms with van der Waals surface area (Å²) in [5, 5.41) is 20.0. The van der Waals surface area contributed by atoms with Crippen LogP contribution in [0.2, 0.25) is 0 Å². The summed E-state index contributed by atoms with van der Waals surface area (Å²) in [6, 6.07) is 2.07. The summed E-state index contributed by atoms with van der Waals surface area (Å²) in [7, 11) is 0. The number of hydrogen-bond donors (Lipinski definition) is 2. The second-order valence-electron chi connectivity index (χ2n) is 5.12. The van der Waals surface area contributed by atoms with Crippen LogP contribution in [0.4, 0.5) is 8.78 Å². The first-order chi connectivity index (χ1) is 8.99. The molecule has 0 saturated heterocycles. The zero-order valence-corrected chi connectivity index (χ0v) is 10.2. The van der Waals surface area contributed by atoms with Crippen molar-refractivity contribution in [1.82, 2.24) is 9.55 Å². The number of imidazole rings is 1. The molecule has 2 aromatic rings. The van der Waals surface area contributed by atoms with Gasteiger partial charge in [-0.1, -0.05) is 0 Å². The summed E-state index contributed by atoms with van der Waals surface area (Å²) in [6.07, 6.45) is 2.48. The SMILES string of the molecule is OC(Cn1cnc2cc(F)c(F)cc21)C1(O)CCC1. The average Bonchev–Trinajstić information content (AvgIpc) is 2.69. The van der Waals surface area contributed by atoms with Gasteiger partial charge in [0.2, 0.25) is 0 Å². The van der Waals surface area contributed by atoms with E-state index in [2.05, 4.69) is 4.98 Å². The van der Waals surface area contributed by atoms with E-state index in [9.17, 15) is 19.0 Å². The summed E-state index contributed by atoms with van der Waals surface area (Å²) in [5.74, 6) is -1.90. The van der Waals surface area contributed by atoms with E-state index in [4.69, 9.17) is 0 Å². The lowest BCUT2D eigenvalue weighted by Crippen LogP contribution is -2.49. The molecule has 102 valence electrons. The zero-order chi connectivity index (χ0) is 13.6. The molecule has 1 saturated carbocycles. The summed E-state index contributed by atoms with van der Waals surface area (Å²) in [5.41, 5.74) is -0.331. The predicted octanol–water partition coefficient (Wildman–Crippen LogP) is 1.59. The van der Waals surface area contributed by atoms with E-state index in [-0.39, 0.29) is 6.54 Å². The molecule has 6 heteroatoms. The highest BCUT2D eigenvalue weighted by Gasteiger charge is 2.41. The van der Waals surface area contributed by atoms with Crippen LogP contribution in [0.15, 0.2) is 18.5 Å². The van der Waals surface area contributed by atoms with Crippen LogP contribution in [0, 0.1) is 11.6 Å². The molecule has 2 N–H and O–H groups in total. The first-order valence-electron chi connectivity index (χ1n) is 6.20. The fraction of sp³-hybridized carbons (Fsp3) is 0.462. The Morgan fingerprint density at radius 2 is 2.00 bits per heavy atom. The van der Waals surface area contributed by atoms with Gasteiger partial charge in [0.05, 0.1) is 29.5 Å². The second kappa shape index (κ2) is 4.25. The maximum Gasteiger partial charge on any atom is 0.161 e. The molecule has 1 unspecified atom stereocenters. The molecule has 0 radical (unpaired) electrons. The number of aromatic nitrogens is 2. The molecule has 4 nitrogen and oxygen atoms in total. The Kier molecular flexibility index (Phi) is 2.79. The van der Waals surface area contributed by atoms with Crippen molar-refractivity contribution in [2.75, 3.05) is 0 Å². The van der Waals surface area contributed by atoms with Gasteiger partial charge in [0.25, 0.3) is 0 Å². The topological polar surface area (TPSA) is 58.3 Å². The Balaban J connectivity index is 1.91. The largest absolute Gasteiger partial charge is 0.388 e. The summed E-state index contributed by atoms with van der Waals surface area (Å²) in [4.78, 5) is 3.96. The molecule has 1 atom stereocenters. The van der Waals surface area contributed by atoms with Crippen LogP contribution in [0.3, 0.4) is 0 Å². The lowest BCUT2D eigenvalue weighted by Gasteiger charge is -2.40. The van der Waals surface area contributed by atoms with Crippen molar-refractivity contribution >= 4 is 11.0 Å². The summed E-state index contributed by atoms with van der Waals surface area (Å²) >= 11 is 0. The molecule has 1 aliphatic carbocycles. The van der Waals surface area contributed by atoms with E-state index >= 15 is 0 Å². The van der Waals surface area contributed by atoms with Gasteiger partial charge >= 0.3 is 0 Å². The van der Waals surface area contributed by atoms with Crippen molar-refractivity contribution in [3.05, 3.63) is 30.1 Å². The minimum atomic E-state index is -1.06. The highest BCUT2D eigenvalue weighted by Crippen LogP contribution is 2.35. The fourth-order valence-corrected chi connectivity index (χ4v) is 2.43. The molecule has 0 spiro atoms. The standard InChI is InChI=1S/C13H14F2N2O2/c14-8-4-10-11(5-9(8)15)17(7-16-10)6-12(18)13(19)2-1-3-13/h4-5,7,12,18-19H,1-3,6H2. The molecule has 1 heterocycles. The van der Waals surface area contributed by atoms with Gasteiger partial charge in [-0.25, -0.2) is 13.8 Å². The number of benzene rings is 1. The smallest absolute Gasteiger partial charge is 0.161 e. The number of rotatable bonds is 3. The van der Waals surface area contributed by atoms with Crippen molar-refractivity contribution in [3.63, 3.8) is 0 Å². The van der Waals surface area contributed by atoms with Crippen LogP contribution in [0.25, 0.3) is 11.0 Å². The molecule has 1 aromatic carbocycles. The molecule has 19 heavy (non-hydrogen) atoms. The molecule has 1 aromatic heterocycles. The van der Waals surface area contributed by atoms with Gasteiger partial charge in [0, 0.05) is 12.1 Å². The van der Waals surface area contributed by atoms with Crippen molar-refractivity contribution in [1.29, 1.82) is 0 Å². The van der Waals surface area contributed by atoms with E-state index in [1.807, 2.05) is 0 Å². The quantitative estimate of drug-likeness (QED) is 0.888. The molecular weight excluding hydrogens is 254 g/mol. The Morgan fingerprint density at radius 3 is 2.63 bits per heavy atom. The van der Waals surface area contributed by atoms with E-state index in [1.54, 1.807) is 0 Å². The van der Waals surface area contributed by atoms with Crippen LogP contribution in [0.5, 0.6) is 0 Å².